The van der Waals surface area contributed by atoms with Gasteiger partial charge in [-0.15, -0.1) is 0 Å². The zero-order valence-electron chi connectivity index (χ0n) is 17.6. The molecule has 1 N–H and O–H groups in total. The Labute approximate surface area is 182 Å². The number of sulfonamides is 1. The van der Waals surface area contributed by atoms with Crippen LogP contribution in [0.3, 0.4) is 0 Å². The molecule has 1 aromatic heterocycles. The van der Waals surface area contributed by atoms with Crippen LogP contribution in [0.5, 0.6) is 5.88 Å². The van der Waals surface area contributed by atoms with Crippen molar-refractivity contribution in [2.75, 3.05) is 44.9 Å². The maximum Gasteiger partial charge on any atom is 0.228 e. The first-order chi connectivity index (χ1) is 15.0. The molecule has 1 spiro atoms. The van der Waals surface area contributed by atoms with Gasteiger partial charge in [0.25, 0.3) is 0 Å². The van der Waals surface area contributed by atoms with E-state index in [-0.39, 0.29) is 18.4 Å². The number of rotatable bonds is 7. The number of anilines is 1. The molecule has 2 saturated heterocycles. The highest BCUT2D eigenvalue weighted by Gasteiger charge is 2.43. The highest BCUT2D eigenvalue weighted by Crippen LogP contribution is 2.34. The lowest BCUT2D eigenvalue weighted by molar-refractivity contribution is -0.0743. The summed E-state index contributed by atoms with van der Waals surface area (Å²) < 4.78 is 45.0. The number of ether oxygens (including phenoxy) is 3. The maximum absolute atomic E-state index is 12.4. The second-order valence-corrected chi connectivity index (χ2v) is 9.73. The van der Waals surface area contributed by atoms with E-state index in [0.29, 0.717) is 38.1 Å². The van der Waals surface area contributed by atoms with Crippen LogP contribution in [0.2, 0.25) is 0 Å². The van der Waals surface area contributed by atoms with E-state index in [4.69, 9.17) is 14.2 Å². The van der Waals surface area contributed by atoms with E-state index in [1.54, 1.807) is 31.5 Å². The van der Waals surface area contributed by atoms with E-state index < -0.39 is 15.6 Å². The molecule has 0 aliphatic carbocycles. The molecule has 0 amide bonds. The molecule has 2 atom stereocenters. The molecule has 0 radical (unpaired) electrons. The van der Waals surface area contributed by atoms with Crippen LogP contribution in [-0.4, -0.2) is 70.0 Å². The minimum absolute atomic E-state index is 0.0459. The number of nitrogens with zero attached hydrogens (tertiary/aromatic N) is 3. The largest absolute Gasteiger partial charge is 0.481 e. The molecular weight excluding hydrogens is 420 g/mol. The predicted molar refractivity (Wildman–Crippen MR) is 116 cm³/mol. The molecule has 1 aromatic carbocycles. The van der Waals surface area contributed by atoms with Gasteiger partial charge in [-0.1, -0.05) is 30.3 Å². The van der Waals surface area contributed by atoms with Crippen LogP contribution in [0, 0.1) is 0 Å². The van der Waals surface area contributed by atoms with Crippen molar-refractivity contribution in [3.8, 4) is 5.88 Å². The van der Waals surface area contributed by atoms with Crippen LogP contribution in [-0.2, 0) is 25.2 Å². The minimum atomic E-state index is -3.44. The van der Waals surface area contributed by atoms with Crippen molar-refractivity contribution in [2.45, 2.75) is 30.3 Å². The van der Waals surface area contributed by atoms with E-state index in [0.717, 1.165) is 18.4 Å². The van der Waals surface area contributed by atoms with Crippen molar-refractivity contribution in [3.05, 3.63) is 48.2 Å². The minimum Gasteiger partial charge on any atom is -0.481 e. The van der Waals surface area contributed by atoms with Gasteiger partial charge < -0.3 is 19.1 Å². The molecule has 0 unspecified atom stereocenters. The summed E-state index contributed by atoms with van der Waals surface area (Å²) in [5.41, 5.74) is 0.239. The third kappa shape index (κ3) is 5.70. The van der Waals surface area contributed by atoms with Gasteiger partial charge in [0.1, 0.15) is 5.60 Å². The summed E-state index contributed by atoms with van der Waals surface area (Å²) in [5.74, 6) is 1.03. The Hall–Kier alpha value is -2.27. The summed E-state index contributed by atoms with van der Waals surface area (Å²) in [4.78, 5) is 10.8. The molecule has 31 heavy (non-hydrogen) atoms. The van der Waals surface area contributed by atoms with Gasteiger partial charge in [0, 0.05) is 25.4 Å². The molecular formula is C21H28N4O5S. The first-order valence-electron chi connectivity index (χ1n) is 10.4. The lowest BCUT2D eigenvalue weighted by Crippen LogP contribution is -2.46. The van der Waals surface area contributed by atoms with Gasteiger partial charge in [0.2, 0.25) is 21.9 Å². The van der Waals surface area contributed by atoms with Crippen LogP contribution >= 0.6 is 0 Å². The first-order valence-corrected chi connectivity index (χ1v) is 12.0. The number of hydrogen-bond acceptors (Lipinski definition) is 8. The van der Waals surface area contributed by atoms with Crippen molar-refractivity contribution in [1.29, 1.82) is 0 Å². The monoisotopic (exact) mass is 448 g/mol. The predicted octanol–water partition coefficient (Wildman–Crippen LogP) is 1.36. The lowest BCUT2D eigenvalue weighted by atomic mass is 10.0. The SMILES string of the molecule is COc1ccnc(N2CCOC[C@@]3(CC[C@H](CNS(=O)(=O)Cc4ccccc4)O3)C2)n1. The van der Waals surface area contributed by atoms with Gasteiger partial charge in [-0.2, -0.15) is 4.98 Å². The van der Waals surface area contributed by atoms with Gasteiger partial charge in [-0.05, 0) is 18.4 Å². The number of benzene rings is 1. The first kappa shape index (κ1) is 21.9. The van der Waals surface area contributed by atoms with Crippen molar-refractivity contribution in [2.24, 2.45) is 0 Å². The molecule has 2 fully saturated rings. The van der Waals surface area contributed by atoms with E-state index in [1.807, 2.05) is 23.1 Å². The quantitative estimate of drug-likeness (QED) is 0.677. The summed E-state index contributed by atoms with van der Waals surface area (Å²) >= 11 is 0. The highest BCUT2D eigenvalue weighted by atomic mass is 32.2. The zero-order valence-corrected chi connectivity index (χ0v) is 18.4. The van der Waals surface area contributed by atoms with Crippen molar-refractivity contribution in [1.82, 2.24) is 14.7 Å². The Morgan fingerprint density at radius 3 is 2.94 bits per heavy atom. The van der Waals surface area contributed by atoms with Crippen molar-refractivity contribution in [3.63, 3.8) is 0 Å². The molecule has 3 heterocycles. The fourth-order valence-electron chi connectivity index (χ4n) is 4.00. The summed E-state index contributed by atoms with van der Waals surface area (Å²) in [6.07, 6.45) is 2.99. The van der Waals surface area contributed by atoms with Crippen LogP contribution in [0.4, 0.5) is 5.95 Å². The molecule has 0 bridgehead atoms. The number of methoxy groups -OCH3 is 1. The van der Waals surface area contributed by atoms with E-state index in [2.05, 4.69) is 14.7 Å². The Kier molecular flexibility index (Phi) is 6.71. The van der Waals surface area contributed by atoms with Crippen molar-refractivity contribution >= 4 is 16.0 Å². The Bertz CT molecular complexity index is 975. The average molecular weight is 449 g/mol. The second kappa shape index (κ2) is 9.47. The Morgan fingerprint density at radius 2 is 2.13 bits per heavy atom. The molecule has 2 aliphatic rings. The van der Waals surface area contributed by atoms with Crippen molar-refractivity contribution < 1.29 is 22.6 Å². The fraction of sp³-hybridized carbons (Fsp3) is 0.524. The van der Waals surface area contributed by atoms with Gasteiger partial charge in [-0.3, -0.25) is 0 Å². The maximum atomic E-state index is 12.4. The van der Waals surface area contributed by atoms with Crippen LogP contribution in [0.15, 0.2) is 42.6 Å². The molecule has 0 saturated carbocycles. The number of nitrogens with one attached hydrogen (secondary N) is 1. The van der Waals surface area contributed by atoms with Crippen LogP contribution < -0.4 is 14.4 Å². The second-order valence-electron chi connectivity index (χ2n) is 7.93. The Morgan fingerprint density at radius 1 is 1.29 bits per heavy atom. The van der Waals surface area contributed by atoms with Gasteiger partial charge in [0.15, 0.2) is 0 Å². The third-order valence-corrected chi connectivity index (χ3v) is 6.85. The molecule has 2 aromatic rings. The summed E-state index contributed by atoms with van der Waals surface area (Å²) in [6, 6.07) is 10.8. The standard InChI is InChI=1S/C21H28N4O5S/c1-28-19-8-10-22-20(24-19)25-11-12-29-16-21(15-25)9-7-18(30-21)13-23-31(26,27)14-17-5-3-2-4-6-17/h2-6,8,10,18,23H,7,9,11-16H2,1H3/t18-,21-/m1/s1. The van der Waals surface area contributed by atoms with E-state index >= 15 is 0 Å². The van der Waals surface area contributed by atoms with Gasteiger partial charge in [0.05, 0.1) is 38.7 Å². The summed E-state index contributed by atoms with van der Waals surface area (Å²) in [7, 11) is -1.87. The molecule has 4 rings (SSSR count). The number of hydrogen-bond donors (Lipinski definition) is 1. The van der Waals surface area contributed by atoms with Gasteiger partial charge >= 0.3 is 0 Å². The molecule has 168 valence electrons. The van der Waals surface area contributed by atoms with Crippen LogP contribution in [0.25, 0.3) is 0 Å². The summed E-state index contributed by atoms with van der Waals surface area (Å²) in [5, 5.41) is 0. The third-order valence-electron chi connectivity index (χ3n) is 5.53. The summed E-state index contributed by atoms with van der Waals surface area (Å²) in [6.45, 7) is 2.47. The van der Waals surface area contributed by atoms with Gasteiger partial charge in [-0.25, -0.2) is 18.1 Å². The smallest absolute Gasteiger partial charge is 0.228 e. The van der Waals surface area contributed by atoms with E-state index in [9.17, 15) is 8.42 Å². The molecule has 2 aliphatic heterocycles. The molecule has 9 nitrogen and oxygen atoms in total. The Balaban J connectivity index is 1.37. The van der Waals surface area contributed by atoms with E-state index in [1.165, 1.54) is 0 Å². The topological polar surface area (TPSA) is 103 Å². The van der Waals surface area contributed by atoms with Crippen LogP contribution in [0.1, 0.15) is 18.4 Å². The highest BCUT2D eigenvalue weighted by molar-refractivity contribution is 7.88. The lowest BCUT2D eigenvalue weighted by Gasteiger charge is -2.32. The molecule has 10 heteroatoms. The average Bonchev–Trinajstić information content (AvgIpc) is 3.05. The fourth-order valence-corrected chi connectivity index (χ4v) is 5.17. The zero-order chi connectivity index (χ0) is 21.7. The normalized spacial score (nSPS) is 24.3. The number of aromatic nitrogens is 2.